The van der Waals surface area contributed by atoms with Gasteiger partial charge < -0.3 is 9.15 Å². The third kappa shape index (κ3) is 3.42. The number of hydrogen-bond donors (Lipinski definition) is 0. The number of thioether (sulfide) groups is 1. The molecule has 3 rings (SSSR count). The van der Waals surface area contributed by atoms with Crippen LogP contribution in [0.5, 0.6) is 0 Å². The first-order valence-electron chi connectivity index (χ1n) is 7.06. The van der Waals surface area contributed by atoms with Crippen LogP contribution in [0.1, 0.15) is 5.76 Å². The van der Waals surface area contributed by atoms with Gasteiger partial charge in [-0.3, -0.25) is 14.5 Å². The molecule has 1 aliphatic heterocycles. The third-order valence-electron chi connectivity index (χ3n) is 3.35. The number of carbonyl (C=O) groups is 2. The van der Waals surface area contributed by atoms with E-state index in [1.165, 1.54) is 12.0 Å². The summed E-state index contributed by atoms with van der Waals surface area (Å²) in [5.41, 5.74) is 0.954. The quantitative estimate of drug-likeness (QED) is 0.474. The number of benzene rings is 1. The first-order valence-corrected chi connectivity index (χ1v) is 8.28. The van der Waals surface area contributed by atoms with Crippen LogP contribution < -0.4 is 0 Å². The summed E-state index contributed by atoms with van der Waals surface area (Å²) in [4.78, 5) is 25.3. The predicted octanol–water partition coefficient (Wildman–Crippen LogP) is 3.32. The topological polar surface area (TPSA) is 59.8 Å². The predicted molar refractivity (Wildman–Crippen MR) is 96.0 cm³/mol. The van der Waals surface area contributed by atoms with Gasteiger partial charge in [0.2, 0.25) is 0 Å². The van der Waals surface area contributed by atoms with Gasteiger partial charge in [0.25, 0.3) is 5.91 Å². The standard InChI is InChI=1S/C17H13NO4S2/c1-21-15(19)10-18-16(20)14(24-17(18)23)9-12-7-8-13(22-12)11-5-3-2-4-6-11/h2-9H,10H2,1H3/b14-9+. The Morgan fingerprint density at radius 2 is 2.04 bits per heavy atom. The zero-order valence-electron chi connectivity index (χ0n) is 12.7. The van der Waals surface area contributed by atoms with Crippen molar-refractivity contribution in [2.24, 2.45) is 0 Å². The fourth-order valence-corrected chi connectivity index (χ4v) is 3.38. The van der Waals surface area contributed by atoms with Gasteiger partial charge in [-0.05, 0) is 12.1 Å². The average Bonchev–Trinajstić information content (AvgIpc) is 3.16. The van der Waals surface area contributed by atoms with Crippen LogP contribution >= 0.6 is 24.0 Å². The Kier molecular flexibility index (Phi) is 4.82. The fraction of sp³-hybridized carbons (Fsp3) is 0.118. The van der Waals surface area contributed by atoms with Crippen molar-refractivity contribution in [2.45, 2.75) is 0 Å². The summed E-state index contributed by atoms with van der Waals surface area (Å²) in [5.74, 6) is 0.421. The molecular weight excluding hydrogens is 346 g/mol. The van der Waals surface area contributed by atoms with Gasteiger partial charge in [-0.25, -0.2) is 0 Å². The number of hydrogen-bond acceptors (Lipinski definition) is 6. The summed E-state index contributed by atoms with van der Waals surface area (Å²) in [6, 6.07) is 13.3. The van der Waals surface area contributed by atoms with Crippen LogP contribution in [-0.4, -0.2) is 34.8 Å². The van der Waals surface area contributed by atoms with Gasteiger partial charge in [-0.2, -0.15) is 0 Å². The highest BCUT2D eigenvalue weighted by Gasteiger charge is 2.33. The van der Waals surface area contributed by atoms with E-state index in [9.17, 15) is 9.59 Å². The molecule has 0 unspecified atom stereocenters. The summed E-state index contributed by atoms with van der Waals surface area (Å²) in [6.45, 7) is -0.189. The number of nitrogens with zero attached hydrogens (tertiary/aromatic N) is 1. The Hall–Kier alpha value is -2.38. The maximum absolute atomic E-state index is 12.3. The van der Waals surface area contributed by atoms with Crippen LogP contribution in [0, 0.1) is 0 Å². The minimum Gasteiger partial charge on any atom is -0.468 e. The molecule has 7 heteroatoms. The second kappa shape index (κ2) is 7.02. The molecule has 0 aliphatic carbocycles. The van der Waals surface area contributed by atoms with Gasteiger partial charge in [0.05, 0.1) is 12.0 Å². The maximum Gasteiger partial charge on any atom is 0.325 e. The number of thiocarbonyl (C=S) groups is 1. The number of ether oxygens (including phenoxy) is 1. The molecule has 1 fully saturated rings. The highest BCUT2D eigenvalue weighted by molar-refractivity contribution is 8.26. The average molecular weight is 359 g/mol. The summed E-state index contributed by atoms with van der Waals surface area (Å²) < 4.78 is 10.7. The minimum atomic E-state index is -0.517. The number of methoxy groups -OCH3 is 1. The molecule has 0 spiro atoms. The Labute approximate surface area is 148 Å². The Balaban J connectivity index is 1.80. The molecule has 0 bridgehead atoms. The van der Waals surface area contributed by atoms with Crippen molar-refractivity contribution < 1.29 is 18.7 Å². The van der Waals surface area contributed by atoms with E-state index in [-0.39, 0.29) is 12.5 Å². The van der Waals surface area contributed by atoms with Gasteiger partial charge in [0.15, 0.2) is 0 Å². The lowest BCUT2D eigenvalue weighted by molar-refractivity contribution is -0.143. The second-order valence-corrected chi connectivity index (χ2v) is 6.59. The van der Waals surface area contributed by atoms with Gasteiger partial charge in [-0.1, -0.05) is 54.3 Å². The van der Waals surface area contributed by atoms with E-state index >= 15 is 0 Å². The number of amides is 1. The van der Waals surface area contributed by atoms with E-state index < -0.39 is 5.97 Å². The normalized spacial score (nSPS) is 16.0. The zero-order valence-corrected chi connectivity index (χ0v) is 14.4. The SMILES string of the molecule is COC(=O)CN1C(=O)/C(=C\c2ccc(-c3ccccc3)o2)SC1=S. The molecular formula is C17H13NO4S2. The highest BCUT2D eigenvalue weighted by atomic mass is 32.2. The summed E-state index contributed by atoms with van der Waals surface area (Å²) in [7, 11) is 1.27. The lowest BCUT2D eigenvalue weighted by Gasteiger charge is -2.11. The minimum absolute atomic E-state index is 0.189. The van der Waals surface area contributed by atoms with Gasteiger partial charge >= 0.3 is 5.97 Å². The van der Waals surface area contributed by atoms with Crippen molar-refractivity contribution in [2.75, 3.05) is 13.7 Å². The molecule has 0 N–H and O–H groups in total. The molecule has 1 saturated heterocycles. The number of esters is 1. The van der Waals surface area contributed by atoms with Crippen LogP contribution in [-0.2, 0) is 14.3 Å². The van der Waals surface area contributed by atoms with Crippen LogP contribution in [0.3, 0.4) is 0 Å². The van der Waals surface area contributed by atoms with Crippen molar-refractivity contribution in [3.8, 4) is 11.3 Å². The van der Waals surface area contributed by atoms with Crippen molar-refractivity contribution >= 4 is 46.3 Å². The molecule has 24 heavy (non-hydrogen) atoms. The van der Waals surface area contributed by atoms with Crippen LogP contribution in [0.2, 0.25) is 0 Å². The Bertz CT molecular complexity index is 826. The molecule has 5 nitrogen and oxygen atoms in total. The van der Waals surface area contributed by atoms with E-state index in [2.05, 4.69) is 4.74 Å². The molecule has 2 heterocycles. The molecule has 0 atom stereocenters. The molecule has 0 radical (unpaired) electrons. The van der Waals surface area contributed by atoms with E-state index in [1.54, 1.807) is 12.1 Å². The van der Waals surface area contributed by atoms with E-state index in [4.69, 9.17) is 16.6 Å². The smallest absolute Gasteiger partial charge is 0.325 e. The van der Waals surface area contributed by atoms with Crippen LogP contribution in [0.4, 0.5) is 0 Å². The van der Waals surface area contributed by atoms with E-state index in [0.29, 0.717) is 20.7 Å². The highest BCUT2D eigenvalue weighted by Crippen LogP contribution is 2.33. The number of carbonyl (C=O) groups excluding carboxylic acids is 2. The molecule has 1 aromatic carbocycles. The second-order valence-electron chi connectivity index (χ2n) is 4.91. The van der Waals surface area contributed by atoms with Gasteiger partial charge in [0, 0.05) is 11.6 Å². The summed E-state index contributed by atoms with van der Waals surface area (Å²) in [5, 5.41) is 0. The third-order valence-corrected chi connectivity index (χ3v) is 4.72. The molecule has 122 valence electrons. The van der Waals surface area contributed by atoms with Crippen molar-refractivity contribution in [3.63, 3.8) is 0 Å². The largest absolute Gasteiger partial charge is 0.468 e. The Morgan fingerprint density at radius 3 is 2.75 bits per heavy atom. The maximum atomic E-state index is 12.3. The number of rotatable bonds is 4. The van der Waals surface area contributed by atoms with E-state index in [0.717, 1.165) is 17.3 Å². The molecule has 1 amide bonds. The monoisotopic (exact) mass is 359 g/mol. The van der Waals surface area contributed by atoms with Crippen molar-refractivity contribution in [1.29, 1.82) is 0 Å². The first-order chi connectivity index (χ1) is 11.6. The zero-order chi connectivity index (χ0) is 17.1. The fourth-order valence-electron chi connectivity index (χ4n) is 2.15. The number of furan rings is 1. The lowest BCUT2D eigenvalue weighted by Crippen LogP contribution is -2.33. The molecule has 2 aromatic rings. The van der Waals surface area contributed by atoms with Gasteiger partial charge in [-0.15, -0.1) is 0 Å². The molecule has 1 aromatic heterocycles. The van der Waals surface area contributed by atoms with Crippen LogP contribution in [0.15, 0.2) is 51.8 Å². The molecule has 0 saturated carbocycles. The van der Waals surface area contributed by atoms with Crippen molar-refractivity contribution in [3.05, 3.63) is 53.1 Å². The molecule has 1 aliphatic rings. The first kappa shape index (κ1) is 16.5. The summed E-state index contributed by atoms with van der Waals surface area (Å²) >= 11 is 6.28. The Morgan fingerprint density at radius 1 is 1.29 bits per heavy atom. The van der Waals surface area contributed by atoms with Crippen molar-refractivity contribution in [1.82, 2.24) is 4.90 Å². The lowest BCUT2D eigenvalue weighted by atomic mass is 10.2. The van der Waals surface area contributed by atoms with Gasteiger partial charge in [0.1, 0.15) is 22.4 Å². The summed E-state index contributed by atoms with van der Waals surface area (Å²) in [6.07, 6.45) is 1.63. The van der Waals surface area contributed by atoms with Crippen LogP contribution in [0.25, 0.3) is 17.4 Å². The van der Waals surface area contributed by atoms with E-state index in [1.807, 2.05) is 36.4 Å².